The van der Waals surface area contributed by atoms with E-state index in [2.05, 4.69) is 90.6 Å². The Balaban J connectivity index is 0.00000169. The van der Waals surface area contributed by atoms with Crippen LogP contribution in [0.25, 0.3) is 11.1 Å². The first kappa shape index (κ1) is 23.9. The maximum absolute atomic E-state index is 4.23. The van der Waals surface area contributed by atoms with Gasteiger partial charge in [0.25, 0.3) is 0 Å². The van der Waals surface area contributed by atoms with Crippen LogP contribution in [0.1, 0.15) is 31.9 Å². The van der Waals surface area contributed by atoms with Gasteiger partial charge in [0.15, 0.2) is 0 Å². The molecule has 0 atom stereocenters. The third kappa shape index (κ3) is 4.02. The summed E-state index contributed by atoms with van der Waals surface area (Å²) in [5.41, 5.74) is 6.19. The normalized spacial score (nSPS) is 14.5. The smallest absolute Gasteiger partial charge is 0.147 e. The van der Waals surface area contributed by atoms with E-state index in [-0.39, 0.29) is 30.4 Å². The van der Waals surface area contributed by atoms with Crippen molar-refractivity contribution >= 4 is 35.3 Å². The minimum atomic E-state index is -2.97. The molecule has 0 bridgehead atoms. The van der Waals surface area contributed by atoms with Crippen LogP contribution in [0.5, 0.6) is 0 Å². The third-order valence-corrected chi connectivity index (χ3v) is 33.4. The van der Waals surface area contributed by atoms with Gasteiger partial charge in [-0.25, -0.2) is 0 Å². The van der Waals surface area contributed by atoms with E-state index in [9.17, 15) is 0 Å². The second-order valence-corrected chi connectivity index (χ2v) is 33.6. The summed E-state index contributed by atoms with van der Waals surface area (Å²) in [6.07, 6.45) is 1.11. The molecule has 0 aliphatic heterocycles. The number of rotatable bonds is 3. The van der Waals surface area contributed by atoms with Crippen molar-refractivity contribution in [3.8, 4) is 11.1 Å². The van der Waals surface area contributed by atoms with Crippen molar-refractivity contribution in [3.63, 3.8) is 0 Å². The van der Waals surface area contributed by atoms with Crippen LogP contribution >= 0.6 is 24.8 Å². The SMILES string of the molecule is C[SiH](C)[Ti]([CH3])([CH3])([NH]C(C)(C)C)[c]1cccc2c1Cc1ccccc1-2.Cl.Cl. The van der Waals surface area contributed by atoms with Gasteiger partial charge in [-0.05, 0) is 0 Å². The van der Waals surface area contributed by atoms with Crippen molar-refractivity contribution in [2.24, 2.45) is 0 Å². The number of nitrogens with one attached hydrogen (secondary N) is 1. The zero-order valence-corrected chi connectivity index (χ0v) is 21.5. The fourth-order valence-electron chi connectivity index (χ4n) is 4.55. The summed E-state index contributed by atoms with van der Waals surface area (Å²) in [6.45, 7) is 11.2. The first-order valence-corrected chi connectivity index (χ1v) is 19.5. The van der Waals surface area contributed by atoms with Gasteiger partial charge >= 0.3 is 150 Å². The summed E-state index contributed by atoms with van der Waals surface area (Å²) < 4.78 is 5.93. The minimum absolute atomic E-state index is 0. The van der Waals surface area contributed by atoms with Gasteiger partial charge in [-0.1, -0.05) is 0 Å². The van der Waals surface area contributed by atoms with Crippen molar-refractivity contribution in [1.82, 2.24) is 3.80 Å². The summed E-state index contributed by atoms with van der Waals surface area (Å²) >= 11 is -2.97. The number of hydrogen-bond donors (Lipinski definition) is 1. The average molecular weight is 447 g/mol. The molecule has 0 fully saturated rings. The van der Waals surface area contributed by atoms with Crippen molar-refractivity contribution in [1.29, 1.82) is 0 Å². The van der Waals surface area contributed by atoms with Gasteiger partial charge in [0.2, 0.25) is 0 Å². The van der Waals surface area contributed by atoms with Gasteiger partial charge in [-0.2, -0.15) is 0 Å². The van der Waals surface area contributed by atoms with Crippen molar-refractivity contribution in [2.75, 3.05) is 0 Å². The van der Waals surface area contributed by atoms with Crippen LogP contribution in [0.4, 0.5) is 0 Å². The van der Waals surface area contributed by atoms with Crippen LogP contribution in [0.15, 0.2) is 42.5 Å². The first-order valence-electron chi connectivity index (χ1n) is 9.22. The van der Waals surface area contributed by atoms with E-state index >= 15 is 0 Å². The Morgan fingerprint density at radius 2 is 1.46 bits per heavy atom. The van der Waals surface area contributed by atoms with Crippen LogP contribution in [0.2, 0.25) is 23.6 Å². The van der Waals surface area contributed by atoms with Gasteiger partial charge in [0, 0.05) is 0 Å². The Morgan fingerprint density at radius 3 is 2.04 bits per heavy atom. The summed E-state index contributed by atoms with van der Waals surface area (Å²) in [4.78, 5) is 0. The van der Waals surface area contributed by atoms with Gasteiger partial charge < -0.3 is 0 Å². The standard InChI is InChI=1S/C13H9.C4H10N.C2H7Si.2CH3.2ClH.Ti/c1-3-7-12-10(5-1)9-11-6-2-4-8-13(11)12;1-4(2,3)5;1-3-2;;;;;/h1-5,7-8H,9H2;5H,1-3H3;3H,1-2H3;2*1H3;2*1H;/q;-1;;;;;;+1. The summed E-state index contributed by atoms with van der Waals surface area (Å²) in [7, 11) is 0. The molecule has 5 heteroatoms. The van der Waals surface area contributed by atoms with Crippen LogP contribution in [-0.2, 0) is 21.2 Å². The van der Waals surface area contributed by atoms with Crippen LogP contribution in [-0.4, -0.2) is 12.2 Å². The number of hydrogen-bond acceptors (Lipinski definition) is 1. The van der Waals surface area contributed by atoms with Crippen LogP contribution in [0.3, 0.4) is 0 Å². The minimum Gasteiger partial charge on any atom is -0.147 e. The Labute approximate surface area is 174 Å². The molecule has 0 radical (unpaired) electrons. The van der Waals surface area contributed by atoms with Crippen LogP contribution < -0.4 is 7.67 Å². The molecule has 3 rings (SSSR count). The second-order valence-electron chi connectivity index (χ2n) is 9.69. The molecule has 1 aliphatic carbocycles. The molecular formula is C21H34Cl2NSiTi. The first-order chi connectivity index (χ1) is 11.0. The van der Waals surface area contributed by atoms with Crippen LogP contribution in [0, 0.1) is 0 Å². The van der Waals surface area contributed by atoms with Crippen molar-refractivity contribution < 1.29 is 14.8 Å². The maximum atomic E-state index is 4.23. The molecule has 2 aromatic rings. The van der Waals surface area contributed by atoms with E-state index in [4.69, 9.17) is 0 Å². The maximum Gasteiger partial charge on any atom is -0.147 e. The molecule has 2 aromatic carbocycles. The summed E-state index contributed by atoms with van der Waals surface area (Å²) in [6, 6.07) is 16.0. The molecule has 0 saturated heterocycles. The molecule has 0 unspecified atom stereocenters. The zero-order chi connectivity index (χ0) is 17.8. The molecule has 0 saturated carbocycles. The quantitative estimate of drug-likeness (QED) is 0.501. The fourth-order valence-corrected chi connectivity index (χ4v) is 19.2. The second kappa shape index (κ2) is 7.73. The number of halogens is 2. The summed E-state index contributed by atoms with van der Waals surface area (Å²) in [5.74, 6) is 0. The van der Waals surface area contributed by atoms with Crippen molar-refractivity contribution in [3.05, 3.63) is 53.6 Å². The topological polar surface area (TPSA) is 12.0 Å². The molecule has 0 aromatic heterocycles. The molecule has 0 amide bonds. The molecule has 1 nitrogen and oxygen atoms in total. The van der Waals surface area contributed by atoms with E-state index in [1.807, 2.05) is 0 Å². The van der Waals surface area contributed by atoms with E-state index in [0.717, 1.165) is 6.42 Å². The Bertz CT molecular complexity index is 797. The van der Waals surface area contributed by atoms with E-state index < -0.39 is 21.5 Å². The third-order valence-electron chi connectivity index (χ3n) is 6.17. The summed E-state index contributed by atoms with van der Waals surface area (Å²) in [5, 5.41) is 5.27. The molecule has 1 N–H and O–H groups in total. The molecular weight excluding hydrogens is 413 g/mol. The van der Waals surface area contributed by atoms with Crippen molar-refractivity contribution in [2.45, 2.75) is 56.3 Å². The molecule has 26 heavy (non-hydrogen) atoms. The number of benzene rings is 2. The predicted octanol–water partition coefficient (Wildman–Crippen LogP) is 5.80. The molecule has 0 heterocycles. The average Bonchev–Trinajstić information content (AvgIpc) is 2.83. The Hall–Kier alpha value is -0.0888. The van der Waals surface area contributed by atoms with Gasteiger partial charge in [0.05, 0.1) is 0 Å². The Morgan fingerprint density at radius 1 is 0.885 bits per heavy atom. The monoisotopic (exact) mass is 446 g/mol. The largest absolute Gasteiger partial charge is 0.147 e. The molecule has 0 spiro atoms. The Kier molecular flexibility index (Phi) is 7.12. The molecule has 1 aliphatic rings. The number of fused-ring (bicyclic) bond motifs is 3. The molecule has 145 valence electrons. The van der Waals surface area contributed by atoms with Gasteiger partial charge in [-0.3, -0.25) is 0 Å². The fraction of sp³-hybridized carbons (Fsp3) is 0.429. The van der Waals surface area contributed by atoms with E-state index in [0.29, 0.717) is 0 Å². The van der Waals surface area contributed by atoms with E-state index in [1.165, 1.54) is 16.7 Å². The van der Waals surface area contributed by atoms with Gasteiger partial charge in [-0.15, -0.1) is 24.8 Å². The van der Waals surface area contributed by atoms with E-state index in [1.54, 1.807) is 9.43 Å². The predicted molar refractivity (Wildman–Crippen MR) is 122 cm³/mol. The van der Waals surface area contributed by atoms with Gasteiger partial charge in [0.1, 0.15) is 0 Å². The zero-order valence-electron chi connectivity index (χ0n) is 17.1.